The van der Waals surface area contributed by atoms with Gasteiger partial charge in [-0.2, -0.15) is 0 Å². The monoisotopic (exact) mass is 493 g/mol. The van der Waals surface area contributed by atoms with Crippen molar-refractivity contribution in [3.05, 3.63) is 39.9 Å². The smallest absolute Gasteiger partial charge is 0.438 e. The highest BCUT2D eigenvalue weighted by molar-refractivity contribution is 6.11. The molecule has 12 nitrogen and oxygen atoms in total. The molecule has 0 aliphatic carbocycles. The molecule has 1 aliphatic rings. The molecular formula is C22H28BNO11. The van der Waals surface area contributed by atoms with Crippen LogP contribution < -0.4 is 0 Å². The van der Waals surface area contributed by atoms with Gasteiger partial charge in [0.15, 0.2) is 6.79 Å². The SMILES string of the molecule is [B][C@@H]1O[C@H](COC(=O)OCC(C)c2ccccc2[N+](=O)[O-])C(OC)[C@@H]1OCOC(=O)CCC(C)=O. The normalized spacial score (nSPS) is 22.3. The second kappa shape index (κ2) is 13.8. The van der Waals surface area contributed by atoms with Gasteiger partial charge >= 0.3 is 12.1 Å². The molecule has 190 valence electrons. The first-order valence-electron chi connectivity index (χ1n) is 10.9. The molecule has 0 aromatic heterocycles. The van der Waals surface area contributed by atoms with Gasteiger partial charge in [0.05, 0.1) is 11.3 Å². The number of nitrogens with zero attached hydrogens (tertiary/aromatic N) is 1. The fraction of sp³-hybridized carbons (Fsp3) is 0.591. The highest BCUT2D eigenvalue weighted by Crippen LogP contribution is 2.27. The zero-order valence-electron chi connectivity index (χ0n) is 19.7. The van der Waals surface area contributed by atoms with E-state index >= 15 is 0 Å². The highest BCUT2D eigenvalue weighted by Gasteiger charge is 2.44. The molecule has 1 aromatic rings. The second-order valence-corrected chi connectivity index (χ2v) is 7.90. The molecule has 1 saturated heterocycles. The average molecular weight is 493 g/mol. The Bertz CT molecular complexity index is 896. The van der Waals surface area contributed by atoms with Gasteiger partial charge in [-0.05, 0) is 6.92 Å². The van der Waals surface area contributed by atoms with Gasteiger partial charge in [0.2, 0.25) is 0 Å². The van der Waals surface area contributed by atoms with Crippen LogP contribution in [0.5, 0.6) is 0 Å². The Hall–Kier alpha value is -3.03. The van der Waals surface area contributed by atoms with Crippen LogP contribution in [-0.4, -0.2) is 82.1 Å². The molecule has 0 spiro atoms. The van der Waals surface area contributed by atoms with E-state index in [-0.39, 0.29) is 37.5 Å². The lowest BCUT2D eigenvalue weighted by Gasteiger charge is -2.22. The predicted octanol–water partition coefficient (Wildman–Crippen LogP) is 2.01. The summed E-state index contributed by atoms with van der Waals surface area (Å²) in [6.07, 6.45) is -3.32. The summed E-state index contributed by atoms with van der Waals surface area (Å²) < 4.78 is 31.4. The minimum Gasteiger partial charge on any atom is -0.438 e. The first kappa shape index (κ1) is 28.2. The van der Waals surface area contributed by atoms with Crippen molar-refractivity contribution in [2.45, 2.75) is 56.9 Å². The van der Waals surface area contributed by atoms with Gasteiger partial charge in [-0.15, -0.1) is 0 Å². The Morgan fingerprint density at radius 3 is 2.51 bits per heavy atom. The number of para-hydroxylation sites is 1. The lowest BCUT2D eigenvalue weighted by molar-refractivity contribution is -0.385. The maximum atomic E-state index is 12.1. The minimum absolute atomic E-state index is 0.0611. The maximum absolute atomic E-state index is 12.1. The number of esters is 1. The largest absolute Gasteiger partial charge is 0.508 e. The van der Waals surface area contributed by atoms with Crippen LogP contribution in [0.25, 0.3) is 0 Å². The van der Waals surface area contributed by atoms with E-state index in [4.69, 9.17) is 36.3 Å². The lowest BCUT2D eigenvalue weighted by atomic mass is 9.93. The molecular weight excluding hydrogens is 465 g/mol. The Kier molecular flexibility index (Phi) is 11.1. The molecule has 2 unspecified atom stereocenters. The van der Waals surface area contributed by atoms with Crippen LogP contribution in [-0.2, 0) is 38.0 Å². The fourth-order valence-corrected chi connectivity index (χ4v) is 3.44. The molecule has 0 bridgehead atoms. The van der Waals surface area contributed by atoms with E-state index in [0.717, 1.165) is 0 Å². The third-order valence-corrected chi connectivity index (χ3v) is 5.26. The Balaban J connectivity index is 1.79. The number of hydrogen-bond donors (Lipinski definition) is 0. The number of benzene rings is 1. The van der Waals surface area contributed by atoms with E-state index in [1.54, 1.807) is 25.1 Å². The van der Waals surface area contributed by atoms with Crippen LogP contribution in [0.2, 0.25) is 0 Å². The van der Waals surface area contributed by atoms with Crippen molar-refractivity contribution < 1.29 is 47.7 Å². The van der Waals surface area contributed by atoms with Gasteiger partial charge in [-0.1, -0.05) is 25.1 Å². The summed E-state index contributed by atoms with van der Waals surface area (Å²) in [5.41, 5.74) is 0.362. The van der Waals surface area contributed by atoms with Crippen LogP contribution in [0.3, 0.4) is 0 Å². The molecule has 0 N–H and O–H groups in total. The van der Waals surface area contributed by atoms with E-state index in [1.807, 2.05) is 0 Å². The number of ketones is 1. The molecule has 0 saturated carbocycles. The van der Waals surface area contributed by atoms with Gasteiger partial charge in [0.25, 0.3) is 5.69 Å². The quantitative estimate of drug-likeness (QED) is 0.131. The summed E-state index contributed by atoms with van der Waals surface area (Å²) in [6.45, 7) is 2.24. The minimum atomic E-state index is -0.994. The number of nitro benzene ring substituents is 1. The van der Waals surface area contributed by atoms with E-state index in [2.05, 4.69) is 0 Å². The summed E-state index contributed by atoms with van der Waals surface area (Å²) >= 11 is 0. The number of Topliss-reactive ketones (excluding diaryl/α,β-unsaturated/α-hetero) is 1. The zero-order chi connectivity index (χ0) is 26.0. The van der Waals surface area contributed by atoms with Gasteiger partial charge in [0.1, 0.15) is 45.2 Å². The second-order valence-electron chi connectivity index (χ2n) is 7.90. The summed E-state index contributed by atoms with van der Waals surface area (Å²) in [4.78, 5) is 45.2. The Labute approximate surface area is 203 Å². The summed E-state index contributed by atoms with van der Waals surface area (Å²) in [5.74, 6) is -1.17. The predicted molar refractivity (Wildman–Crippen MR) is 120 cm³/mol. The Morgan fingerprint density at radius 2 is 1.86 bits per heavy atom. The van der Waals surface area contributed by atoms with Crippen molar-refractivity contribution in [1.82, 2.24) is 0 Å². The standard InChI is InChI=1S/C22H28BNO11/c1-13(15-6-4-5-7-16(15)24(28)29)10-31-22(27)32-11-17-19(30-3)20(21(23)35-17)34-12-33-18(26)9-8-14(2)25/h4-7,13,17,19-21H,8-12H2,1-3H3/t13?,17-,19?,20+,21-/m1/s1. The number of carbonyl (C=O) groups is 3. The van der Waals surface area contributed by atoms with Crippen LogP contribution in [0, 0.1) is 10.1 Å². The lowest BCUT2D eigenvalue weighted by Crippen LogP contribution is -2.39. The summed E-state index contributed by atoms with van der Waals surface area (Å²) in [7, 11) is 7.31. The molecule has 35 heavy (non-hydrogen) atoms. The third-order valence-electron chi connectivity index (χ3n) is 5.26. The van der Waals surface area contributed by atoms with Crippen LogP contribution in [0.1, 0.15) is 38.2 Å². The first-order chi connectivity index (χ1) is 16.6. The Morgan fingerprint density at radius 1 is 1.14 bits per heavy atom. The van der Waals surface area contributed by atoms with Crippen molar-refractivity contribution in [3.63, 3.8) is 0 Å². The van der Waals surface area contributed by atoms with Crippen LogP contribution in [0.4, 0.5) is 10.5 Å². The van der Waals surface area contributed by atoms with Crippen LogP contribution >= 0.6 is 0 Å². The number of methoxy groups -OCH3 is 1. The van der Waals surface area contributed by atoms with E-state index in [1.165, 1.54) is 20.1 Å². The van der Waals surface area contributed by atoms with Crippen LogP contribution in [0.15, 0.2) is 24.3 Å². The molecule has 2 radical (unpaired) electrons. The van der Waals surface area contributed by atoms with Crippen molar-refractivity contribution in [2.24, 2.45) is 0 Å². The molecule has 5 atom stereocenters. The molecule has 2 rings (SSSR count). The van der Waals surface area contributed by atoms with E-state index < -0.39 is 54.1 Å². The number of nitro groups is 1. The average Bonchev–Trinajstić information content (AvgIpc) is 3.13. The number of hydrogen-bond acceptors (Lipinski definition) is 11. The number of ether oxygens (including phenoxy) is 6. The van der Waals surface area contributed by atoms with E-state index in [0.29, 0.717) is 5.56 Å². The van der Waals surface area contributed by atoms with Gasteiger partial charge in [-0.3, -0.25) is 14.9 Å². The van der Waals surface area contributed by atoms with Crippen molar-refractivity contribution >= 4 is 31.4 Å². The van der Waals surface area contributed by atoms with E-state index in [9.17, 15) is 24.5 Å². The maximum Gasteiger partial charge on any atom is 0.508 e. The molecule has 1 aliphatic heterocycles. The molecule has 1 fully saturated rings. The van der Waals surface area contributed by atoms with Gasteiger partial charge in [0, 0.05) is 37.1 Å². The van der Waals surface area contributed by atoms with Crippen molar-refractivity contribution in [1.29, 1.82) is 0 Å². The number of rotatable bonds is 13. The topological polar surface area (TPSA) is 150 Å². The number of carbonyl (C=O) groups excluding carboxylic acids is 3. The van der Waals surface area contributed by atoms with Gasteiger partial charge in [-0.25, -0.2) is 4.79 Å². The molecule has 0 amide bonds. The highest BCUT2D eigenvalue weighted by atomic mass is 16.7. The molecule has 13 heteroatoms. The fourth-order valence-electron chi connectivity index (χ4n) is 3.44. The summed E-state index contributed by atoms with van der Waals surface area (Å²) in [6, 6.07) is 5.24. The van der Waals surface area contributed by atoms with Crippen molar-refractivity contribution in [2.75, 3.05) is 27.1 Å². The molecule has 1 aromatic carbocycles. The van der Waals surface area contributed by atoms with Gasteiger partial charge < -0.3 is 33.2 Å². The zero-order valence-corrected chi connectivity index (χ0v) is 19.7. The molecule has 1 heterocycles. The third kappa shape index (κ3) is 8.60. The first-order valence-corrected chi connectivity index (χ1v) is 10.9. The summed E-state index contributed by atoms with van der Waals surface area (Å²) in [5, 5.41) is 11.2. The van der Waals surface area contributed by atoms with Crippen molar-refractivity contribution in [3.8, 4) is 0 Å².